The fourth-order valence-electron chi connectivity index (χ4n) is 2.36. The van der Waals surface area contributed by atoms with Gasteiger partial charge in [0, 0.05) is 6.04 Å². The van der Waals surface area contributed by atoms with E-state index in [2.05, 4.69) is 5.32 Å². The molecule has 2 aromatic carbocycles. The maximum Gasteiger partial charge on any atom is 0.194 e. The molecule has 1 N–H and O–H groups in total. The predicted molar refractivity (Wildman–Crippen MR) is 77.5 cm³/mol. The molecule has 21 heavy (non-hydrogen) atoms. The van der Waals surface area contributed by atoms with Crippen LogP contribution < -0.4 is 5.32 Å². The van der Waals surface area contributed by atoms with E-state index in [0.717, 1.165) is 24.1 Å². The van der Waals surface area contributed by atoms with Gasteiger partial charge in [0.15, 0.2) is 17.5 Å². The van der Waals surface area contributed by atoms with E-state index in [1.54, 1.807) is 0 Å². The second kappa shape index (κ2) is 7.27. The molecule has 0 aliphatic carbocycles. The summed E-state index contributed by atoms with van der Waals surface area (Å²) in [5, 5.41) is 3.19. The van der Waals surface area contributed by atoms with Crippen LogP contribution in [0.5, 0.6) is 0 Å². The average molecular weight is 293 g/mol. The molecule has 2 rings (SSSR count). The Morgan fingerprint density at radius 3 is 2.19 bits per heavy atom. The zero-order valence-electron chi connectivity index (χ0n) is 11.9. The van der Waals surface area contributed by atoms with Crippen molar-refractivity contribution in [1.82, 2.24) is 5.32 Å². The zero-order valence-corrected chi connectivity index (χ0v) is 11.9. The summed E-state index contributed by atoms with van der Waals surface area (Å²) in [6.07, 6.45) is 1.46. The number of hydrogen-bond acceptors (Lipinski definition) is 1. The lowest BCUT2D eigenvalue weighted by Crippen LogP contribution is -2.22. The van der Waals surface area contributed by atoms with E-state index in [0.29, 0.717) is 18.5 Å². The van der Waals surface area contributed by atoms with Gasteiger partial charge in [0.05, 0.1) is 0 Å². The maximum absolute atomic E-state index is 13.4. The topological polar surface area (TPSA) is 12.0 Å². The molecule has 0 fully saturated rings. The molecule has 1 nitrogen and oxygen atoms in total. The van der Waals surface area contributed by atoms with E-state index in [9.17, 15) is 13.2 Å². The highest BCUT2D eigenvalue weighted by molar-refractivity contribution is 5.23. The average Bonchev–Trinajstić information content (AvgIpc) is 2.49. The number of hydrogen-bond donors (Lipinski definition) is 1. The largest absolute Gasteiger partial charge is 0.310 e. The van der Waals surface area contributed by atoms with Crippen LogP contribution in [0.25, 0.3) is 0 Å². The van der Waals surface area contributed by atoms with Crippen molar-refractivity contribution in [2.45, 2.75) is 25.8 Å². The van der Waals surface area contributed by atoms with Crippen LogP contribution in [0.2, 0.25) is 0 Å². The second-order valence-corrected chi connectivity index (χ2v) is 4.93. The van der Waals surface area contributed by atoms with Gasteiger partial charge >= 0.3 is 0 Å². The molecule has 0 aliphatic rings. The van der Waals surface area contributed by atoms with Gasteiger partial charge in [0.25, 0.3) is 0 Å². The molecule has 1 atom stereocenters. The molecule has 0 heterocycles. The van der Waals surface area contributed by atoms with Crippen molar-refractivity contribution in [1.29, 1.82) is 0 Å². The van der Waals surface area contributed by atoms with Crippen molar-refractivity contribution < 1.29 is 13.2 Å². The molecule has 0 spiro atoms. The number of rotatable bonds is 6. The summed E-state index contributed by atoms with van der Waals surface area (Å²) in [5.41, 5.74) is 1.59. The van der Waals surface area contributed by atoms with Crippen molar-refractivity contribution in [3.05, 3.63) is 71.0 Å². The first-order valence-electron chi connectivity index (χ1n) is 7.03. The van der Waals surface area contributed by atoms with Crippen LogP contribution in [0.15, 0.2) is 42.5 Å². The summed E-state index contributed by atoms with van der Waals surface area (Å²) in [6, 6.07) is 11.8. The second-order valence-electron chi connectivity index (χ2n) is 4.93. The molecule has 0 radical (unpaired) electrons. The van der Waals surface area contributed by atoms with Crippen molar-refractivity contribution in [2.75, 3.05) is 6.54 Å². The van der Waals surface area contributed by atoms with Crippen LogP contribution in [-0.4, -0.2) is 6.54 Å². The lowest BCUT2D eigenvalue weighted by molar-refractivity contribution is 0.437. The van der Waals surface area contributed by atoms with Crippen molar-refractivity contribution in [2.24, 2.45) is 0 Å². The normalized spacial score (nSPS) is 12.4. The summed E-state index contributed by atoms with van der Waals surface area (Å²) in [6.45, 7) is 2.59. The van der Waals surface area contributed by atoms with Crippen LogP contribution in [-0.2, 0) is 6.42 Å². The minimum absolute atomic E-state index is 0.209. The molecule has 112 valence electrons. The van der Waals surface area contributed by atoms with Gasteiger partial charge in [-0.25, -0.2) is 13.2 Å². The van der Waals surface area contributed by atoms with E-state index in [-0.39, 0.29) is 6.04 Å². The molecule has 0 amide bonds. The van der Waals surface area contributed by atoms with Gasteiger partial charge in [0.2, 0.25) is 0 Å². The Labute approximate surface area is 122 Å². The Kier molecular flexibility index (Phi) is 5.39. The Hall–Kier alpha value is -1.81. The fourth-order valence-corrected chi connectivity index (χ4v) is 2.36. The van der Waals surface area contributed by atoms with E-state index in [4.69, 9.17) is 0 Å². The summed E-state index contributed by atoms with van der Waals surface area (Å²) >= 11 is 0. The van der Waals surface area contributed by atoms with Gasteiger partial charge in [0.1, 0.15) is 0 Å². The standard InChI is InChI=1S/C17H18F3N/c1-2-21-16(9-8-12-6-4-3-5-7-12)13-10-14(18)17(20)15(19)11-13/h3-7,10-11,16,21H,2,8-9H2,1H3. The predicted octanol–water partition coefficient (Wildman–Crippen LogP) is 4.39. The molecule has 0 saturated heterocycles. The summed E-state index contributed by atoms with van der Waals surface area (Å²) in [5.74, 6) is -3.71. The van der Waals surface area contributed by atoms with Gasteiger partial charge in [-0.2, -0.15) is 0 Å². The van der Waals surface area contributed by atoms with Crippen LogP contribution in [0.3, 0.4) is 0 Å². The zero-order chi connectivity index (χ0) is 15.2. The maximum atomic E-state index is 13.4. The minimum Gasteiger partial charge on any atom is -0.310 e. The SMILES string of the molecule is CCNC(CCc1ccccc1)c1cc(F)c(F)c(F)c1. The lowest BCUT2D eigenvalue weighted by atomic mass is 9.98. The van der Waals surface area contributed by atoms with E-state index in [1.807, 2.05) is 37.3 Å². The van der Waals surface area contributed by atoms with Crippen LogP contribution >= 0.6 is 0 Å². The monoisotopic (exact) mass is 293 g/mol. The lowest BCUT2D eigenvalue weighted by Gasteiger charge is -2.19. The molecule has 0 bridgehead atoms. The highest BCUT2D eigenvalue weighted by atomic mass is 19.2. The molecular weight excluding hydrogens is 275 g/mol. The Morgan fingerprint density at radius 1 is 1.00 bits per heavy atom. The van der Waals surface area contributed by atoms with Gasteiger partial charge in [-0.1, -0.05) is 37.3 Å². The fraction of sp³-hybridized carbons (Fsp3) is 0.294. The molecule has 0 aliphatic heterocycles. The molecule has 0 aromatic heterocycles. The molecular formula is C17H18F3N. The highest BCUT2D eigenvalue weighted by Crippen LogP contribution is 2.23. The smallest absolute Gasteiger partial charge is 0.194 e. The van der Waals surface area contributed by atoms with Gasteiger partial charge in [-0.15, -0.1) is 0 Å². The number of nitrogens with one attached hydrogen (secondary N) is 1. The number of aryl methyl sites for hydroxylation is 1. The first-order chi connectivity index (χ1) is 10.1. The highest BCUT2D eigenvalue weighted by Gasteiger charge is 2.16. The number of benzene rings is 2. The minimum atomic E-state index is -1.42. The van der Waals surface area contributed by atoms with Crippen molar-refractivity contribution >= 4 is 0 Å². The summed E-state index contributed by atoms with van der Waals surface area (Å²) in [4.78, 5) is 0. The summed E-state index contributed by atoms with van der Waals surface area (Å²) < 4.78 is 39.8. The van der Waals surface area contributed by atoms with Gasteiger partial charge < -0.3 is 5.32 Å². The molecule has 2 aromatic rings. The van der Waals surface area contributed by atoms with Crippen molar-refractivity contribution in [3.8, 4) is 0 Å². The van der Waals surface area contributed by atoms with E-state index < -0.39 is 17.5 Å². The first kappa shape index (κ1) is 15.6. The Bertz CT molecular complexity index is 561. The third-order valence-corrected chi connectivity index (χ3v) is 3.42. The first-order valence-corrected chi connectivity index (χ1v) is 7.03. The van der Waals surface area contributed by atoms with E-state index in [1.165, 1.54) is 0 Å². The van der Waals surface area contributed by atoms with E-state index >= 15 is 0 Å². The van der Waals surface area contributed by atoms with Gasteiger partial charge in [-0.3, -0.25) is 0 Å². The van der Waals surface area contributed by atoms with Crippen LogP contribution in [0.4, 0.5) is 13.2 Å². The summed E-state index contributed by atoms with van der Waals surface area (Å²) in [7, 11) is 0. The molecule has 1 unspecified atom stereocenters. The van der Waals surface area contributed by atoms with Crippen LogP contribution in [0.1, 0.15) is 30.5 Å². The quantitative estimate of drug-likeness (QED) is 0.779. The Morgan fingerprint density at radius 2 is 1.62 bits per heavy atom. The third-order valence-electron chi connectivity index (χ3n) is 3.42. The van der Waals surface area contributed by atoms with Gasteiger partial charge in [-0.05, 0) is 42.6 Å². The Balaban J connectivity index is 2.15. The molecule has 4 heteroatoms. The van der Waals surface area contributed by atoms with Crippen LogP contribution in [0, 0.1) is 17.5 Å². The van der Waals surface area contributed by atoms with Crippen molar-refractivity contribution in [3.63, 3.8) is 0 Å². The third kappa shape index (κ3) is 4.08. The number of halogens is 3. The molecule has 0 saturated carbocycles.